The van der Waals surface area contributed by atoms with Gasteiger partial charge < -0.3 is 10.2 Å². The fourth-order valence-corrected chi connectivity index (χ4v) is 4.76. The molecule has 3 aromatic carbocycles. The first-order valence-corrected chi connectivity index (χ1v) is 13.0. The minimum atomic E-state index is -0.431. The summed E-state index contributed by atoms with van der Waals surface area (Å²) in [7, 11) is 0. The Labute approximate surface area is 229 Å². The molecule has 1 aromatic heterocycles. The van der Waals surface area contributed by atoms with Gasteiger partial charge in [-0.3, -0.25) is 10.9 Å². The van der Waals surface area contributed by atoms with E-state index in [0.29, 0.717) is 57.5 Å². The summed E-state index contributed by atoms with van der Waals surface area (Å²) in [5.74, 6) is 0.998. The Hall–Kier alpha value is -2.90. The molecule has 2 amide bonds. The number of hydrazine groups is 1. The van der Waals surface area contributed by atoms with Crippen molar-refractivity contribution in [2.24, 2.45) is 0 Å². The summed E-state index contributed by atoms with van der Waals surface area (Å²) in [6.07, 6.45) is 0. The highest BCUT2D eigenvalue weighted by Gasteiger charge is 2.14. The lowest BCUT2D eigenvalue weighted by molar-refractivity contribution is 0.254. The lowest BCUT2D eigenvalue weighted by Crippen LogP contribution is -2.33. The summed E-state index contributed by atoms with van der Waals surface area (Å²) in [4.78, 5) is 19.4. The van der Waals surface area contributed by atoms with Crippen molar-refractivity contribution in [1.29, 1.82) is 0 Å². The van der Waals surface area contributed by atoms with E-state index in [1.54, 1.807) is 24.3 Å². The minimum absolute atomic E-state index is 0.431. The average Bonchev–Trinajstić information content (AvgIpc) is 2.87. The molecule has 3 N–H and O–H groups in total. The van der Waals surface area contributed by atoms with Gasteiger partial charge in [0, 0.05) is 47.2 Å². The van der Waals surface area contributed by atoms with E-state index < -0.39 is 6.03 Å². The number of para-hydroxylation sites is 1. The Morgan fingerprint density at radius 3 is 2.19 bits per heavy atom. The number of carbonyl (C=O) groups is 1. The van der Waals surface area contributed by atoms with Gasteiger partial charge in [0.05, 0.1) is 26.9 Å². The van der Waals surface area contributed by atoms with Crippen molar-refractivity contribution in [2.75, 3.05) is 40.5 Å². The number of alkyl halides is 2. The molecule has 0 fully saturated rings. The molecule has 4 aromatic rings. The second-order valence-electron chi connectivity index (χ2n) is 7.78. The second kappa shape index (κ2) is 12.4. The van der Waals surface area contributed by atoms with Crippen LogP contribution in [0.1, 0.15) is 0 Å². The van der Waals surface area contributed by atoms with Crippen LogP contribution in [-0.4, -0.2) is 35.9 Å². The van der Waals surface area contributed by atoms with Crippen LogP contribution in [0.2, 0.25) is 10.0 Å². The highest BCUT2D eigenvalue weighted by atomic mass is 35.5. The van der Waals surface area contributed by atoms with Crippen molar-refractivity contribution in [2.45, 2.75) is 0 Å². The maximum atomic E-state index is 12.6. The van der Waals surface area contributed by atoms with E-state index in [0.717, 1.165) is 16.6 Å². The lowest BCUT2D eigenvalue weighted by atomic mass is 10.1. The van der Waals surface area contributed by atoms with E-state index in [9.17, 15) is 4.79 Å². The van der Waals surface area contributed by atoms with Gasteiger partial charge in [0.2, 0.25) is 0 Å². The second-order valence-corrected chi connectivity index (χ2v) is 9.36. The normalized spacial score (nSPS) is 10.8. The minimum Gasteiger partial charge on any atom is -0.369 e. The van der Waals surface area contributed by atoms with Gasteiger partial charge in [0.15, 0.2) is 0 Å². The lowest BCUT2D eigenvalue weighted by Gasteiger charge is -2.23. The number of pyridine rings is 1. The zero-order valence-electron chi connectivity index (χ0n) is 19.1. The molecular formula is C26H23Cl4N5O. The molecule has 4 rings (SSSR count). The van der Waals surface area contributed by atoms with Gasteiger partial charge in [-0.05, 0) is 48.5 Å². The average molecular weight is 563 g/mol. The van der Waals surface area contributed by atoms with Crippen LogP contribution < -0.4 is 21.1 Å². The van der Waals surface area contributed by atoms with Crippen LogP contribution >= 0.6 is 46.4 Å². The third-order valence-corrected chi connectivity index (χ3v) is 6.41. The fraction of sp³-hybridized carbons (Fsp3) is 0.154. The standard InChI is InChI=1S/C26H23Cl4N5O/c27-12-14-35(15-13-28)18-10-8-17(9-11-18)31-26(36)34-33-23-16-24(25-20(29)5-3-6-21(25)30)32-22-7-2-1-4-19(22)23/h1-11,16H,12-15H2,(H,32,33)(H2,31,34,36). The molecule has 0 spiro atoms. The van der Waals surface area contributed by atoms with Crippen LogP contribution in [0.25, 0.3) is 22.2 Å². The first-order valence-electron chi connectivity index (χ1n) is 11.1. The Balaban J connectivity index is 1.50. The Morgan fingerprint density at radius 1 is 0.861 bits per heavy atom. The number of fused-ring (bicyclic) bond motifs is 1. The van der Waals surface area contributed by atoms with Gasteiger partial charge in [-0.25, -0.2) is 9.78 Å². The molecule has 0 aliphatic carbocycles. The molecule has 0 radical (unpaired) electrons. The smallest absolute Gasteiger partial charge is 0.337 e. The van der Waals surface area contributed by atoms with E-state index in [2.05, 4.69) is 21.1 Å². The molecule has 0 bridgehead atoms. The number of rotatable bonds is 9. The van der Waals surface area contributed by atoms with Crippen LogP contribution in [0.3, 0.4) is 0 Å². The number of nitrogens with zero attached hydrogens (tertiary/aromatic N) is 2. The quantitative estimate of drug-likeness (QED) is 0.145. The molecule has 0 aliphatic rings. The summed E-state index contributed by atoms with van der Waals surface area (Å²) in [5, 5.41) is 4.61. The third kappa shape index (κ3) is 6.26. The Bertz CT molecular complexity index is 1320. The van der Waals surface area contributed by atoms with E-state index in [1.807, 2.05) is 48.5 Å². The number of hydrogen-bond donors (Lipinski definition) is 3. The van der Waals surface area contributed by atoms with Crippen LogP contribution in [0.15, 0.2) is 72.8 Å². The number of nitrogens with one attached hydrogen (secondary N) is 3. The van der Waals surface area contributed by atoms with E-state index in [1.165, 1.54) is 0 Å². The molecule has 6 nitrogen and oxygen atoms in total. The van der Waals surface area contributed by atoms with Crippen LogP contribution in [0.4, 0.5) is 21.9 Å². The van der Waals surface area contributed by atoms with Gasteiger partial charge in [0.1, 0.15) is 0 Å². The summed E-state index contributed by atoms with van der Waals surface area (Å²) >= 11 is 24.6. The molecular weight excluding hydrogens is 540 g/mol. The maximum Gasteiger partial charge on any atom is 0.337 e. The molecule has 0 saturated carbocycles. The number of aromatic nitrogens is 1. The van der Waals surface area contributed by atoms with Gasteiger partial charge in [-0.15, -0.1) is 23.2 Å². The summed E-state index contributed by atoms with van der Waals surface area (Å²) in [5.41, 5.74) is 9.88. The highest BCUT2D eigenvalue weighted by molar-refractivity contribution is 6.39. The van der Waals surface area contributed by atoms with Crippen molar-refractivity contribution in [3.05, 3.63) is 82.8 Å². The van der Waals surface area contributed by atoms with Gasteiger partial charge in [-0.1, -0.05) is 47.5 Å². The summed E-state index contributed by atoms with van der Waals surface area (Å²) < 4.78 is 0. The predicted molar refractivity (Wildman–Crippen MR) is 153 cm³/mol. The third-order valence-electron chi connectivity index (χ3n) is 5.44. The largest absolute Gasteiger partial charge is 0.369 e. The van der Waals surface area contributed by atoms with Crippen LogP contribution in [0, 0.1) is 0 Å². The predicted octanol–water partition coefficient (Wildman–Crippen LogP) is 7.64. The van der Waals surface area contributed by atoms with Crippen molar-refractivity contribution >= 4 is 80.4 Å². The first-order chi connectivity index (χ1) is 17.5. The molecule has 186 valence electrons. The van der Waals surface area contributed by atoms with Gasteiger partial charge in [0.25, 0.3) is 0 Å². The molecule has 0 aliphatic heterocycles. The van der Waals surface area contributed by atoms with Crippen molar-refractivity contribution in [1.82, 2.24) is 10.4 Å². The van der Waals surface area contributed by atoms with Gasteiger partial charge >= 0.3 is 6.03 Å². The summed E-state index contributed by atoms with van der Waals surface area (Å²) in [6, 6.07) is 21.7. The topological polar surface area (TPSA) is 69.3 Å². The number of urea groups is 1. The van der Waals surface area contributed by atoms with E-state index in [-0.39, 0.29) is 0 Å². The molecule has 0 unspecified atom stereocenters. The number of halogens is 4. The SMILES string of the molecule is O=C(NNc1cc(-c2c(Cl)cccc2Cl)nc2ccccc12)Nc1ccc(N(CCCl)CCCl)cc1. The Morgan fingerprint density at radius 2 is 1.53 bits per heavy atom. The number of carbonyl (C=O) groups excluding carboxylic acids is 1. The van der Waals surface area contributed by atoms with Crippen molar-refractivity contribution < 1.29 is 4.79 Å². The van der Waals surface area contributed by atoms with E-state index >= 15 is 0 Å². The molecule has 0 atom stereocenters. The molecule has 36 heavy (non-hydrogen) atoms. The maximum absolute atomic E-state index is 12.6. The number of amides is 2. The molecule has 1 heterocycles. The number of hydrogen-bond acceptors (Lipinski definition) is 4. The zero-order valence-corrected chi connectivity index (χ0v) is 22.1. The number of anilines is 3. The highest BCUT2D eigenvalue weighted by Crippen LogP contribution is 2.36. The van der Waals surface area contributed by atoms with Crippen LogP contribution in [0.5, 0.6) is 0 Å². The van der Waals surface area contributed by atoms with Crippen molar-refractivity contribution in [3.63, 3.8) is 0 Å². The first kappa shape index (κ1) is 26.2. The fourth-order valence-electron chi connectivity index (χ4n) is 3.77. The monoisotopic (exact) mass is 561 g/mol. The van der Waals surface area contributed by atoms with Crippen LogP contribution in [-0.2, 0) is 0 Å². The van der Waals surface area contributed by atoms with E-state index in [4.69, 9.17) is 51.4 Å². The molecule has 0 saturated heterocycles. The number of benzene rings is 3. The Kier molecular flexibility index (Phi) is 8.99. The van der Waals surface area contributed by atoms with Gasteiger partial charge in [-0.2, -0.15) is 0 Å². The molecule has 10 heteroatoms. The summed E-state index contributed by atoms with van der Waals surface area (Å²) in [6.45, 7) is 1.37. The zero-order chi connectivity index (χ0) is 25.5. The van der Waals surface area contributed by atoms with Crippen molar-refractivity contribution in [3.8, 4) is 11.3 Å².